The summed E-state index contributed by atoms with van der Waals surface area (Å²) in [5.41, 5.74) is 13.8. The molecule has 25 heavy (non-hydrogen) atoms. The molecule has 1 aromatic heterocycles. The van der Waals surface area contributed by atoms with Crippen molar-refractivity contribution in [3.05, 3.63) is 41.6 Å². The molecule has 0 unspecified atom stereocenters. The number of rotatable bonds is 6. The third-order valence-corrected chi connectivity index (χ3v) is 4.25. The van der Waals surface area contributed by atoms with Gasteiger partial charge in [0.1, 0.15) is 11.6 Å². The molecule has 1 aliphatic carbocycles. The molecule has 5 N–H and O–H groups in total. The minimum atomic E-state index is 0. The second-order valence-corrected chi connectivity index (χ2v) is 5.95. The van der Waals surface area contributed by atoms with Crippen LogP contribution in [-0.4, -0.2) is 29.7 Å². The highest BCUT2D eigenvalue weighted by atomic mass is 35.5. The fraction of sp³-hybridized carbons (Fsp3) is 0.412. The highest BCUT2D eigenvalue weighted by molar-refractivity contribution is 5.85. The highest BCUT2D eigenvalue weighted by Gasteiger charge is 2.29. The lowest BCUT2D eigenvalue weighted by atomic mass is 9.78. The Hall–Kier alpha value is -1.76. The minimum Gasteiger partial charge on any atom is -0.496 e. The third kappa shape index (κ3) is 5.36. The lowest BCUT2D eigenvalue weighted by Gasteiger charge is -2.32. The van der Waals surface area contributed by atoms with E-state index in [1.54, 1.807) is 7.11 Å². The molecule has 1 fully saturated rings. The van der Waals surface area contributed by atoms with Gasteiger partial charge in [-0.25, -0.2) is 4.98 Å². The Morgan fingerprint density at radius 2 is 1.92 bits per heavy atom. The van der Waals surface area contributed by atoms with Crippen LogP contribution in [0.15, 0.2) is 30.3 Å². The van der Waals surface area contributed by atoms with E-state index in [-0.39, 0.29) is 30.9 Å². The predicted octanol–water partition coefficient (Wildman–Crippen LogP) is 2.77. The van der Waals surface area contributed by atoms with E-state index in [1.165, 1.54) is 0 Å². The Kier molecular flexibility index (Phi) is 8.22. The zero-order valence-corrected chi connectivity index (χ0v) is 15.8. The van der Waals surface area contributed by atoms with Crippen LogP contribution in [0.4, 0.5) is 11.8 Å². The van der Waals surface area contributed by atoms with Crippen LogP contribution in [0.5, 0.6) is 5.75 Å². The maximum Gasteiger partial charge on any atom is 0.222 e. The van der Waals surface area contributed by atoms with Gasteiger partial charge in [0, 0.05) is 24.6 Å². The van der Waals surface area contributed by atoms with E-state index < -0.39 is 0 Å². The van der Waals surface area contributed by atoms with Gasteiger partial charge >= 0.3 is 0 Å². The molecule has 138 valence electrons. The van der Waals surface area contributed by atoms with Crippen LogP contribution in [0.25, 0.3) is 0 Å². The normalized spacial score (nSPS) is 18.3. The number of methoxy groups -OCH3 is 1. The monoisotopic (exact) mass is 385 g/mol. The van der Waals surface area contributed by atoms with Gasteiger partial charge in [-0.05, 0) is 30.9 Å². The molecule has 1 heterocycles. The fourth-order valence-corrected chi connectivity index (χ4v) is 2.92. The number of nitrogens with one attached hydrogen (secondary N) is 1. The average molecular weight is 386 g/mol. The number of nitrogens with zero attached hydrogens (tertiary/aromatic N) is 2. The molecule has 2 aromatic rings. The topological polar surface area (TPSA) is 99.1 Å². The number of ether oxygens (including phenoxy) is 1. The summed E-state index contributed by atoms with van der Waals surface area (Å²) in [6.45, 7) is 0.750. The Labute approximate surface area is 160 Å². The SMILES string of the molecule is COc1ccccc1CCNc1cc(C2CC(N)C2)nc(N)n1.Cl.Cl. The number of halogens is 2. The first kappa shape index (κ1) is 21.3. The van der Waals surface area contributed by atoms with Gasteiger partial charge in [-0.2, -0.15) is 4.98 Å². The average Bonchev–Trinajstić information content (AvgIpc) is 2.52. The summed E-state index contributed by atoms with van der Waals surface area (Å²) in [7, 11) is 1.69. The summed E-state index contributed by atoms with van der Waals surface area (Å²) in [5, 5.41) is 3.32. The van der Waals surface area contributed by atoms with Crippen molar-refractivity contribution in [1.82, 2.24) is 9.97 Å². The number of anilines is 2. The minimum absolute atomic E-state index is 0. The molecule has 3 rings (SSSR count). The van der Waals surface area contributed by atoms with Crippen LogP contribution in [-0.2, 0) is 6.42 Å². The van der Waals surface area contributed by atoms with Gasteiger partial charge in [0.25, 0.3) is 0 Å². The second kappa shape index (κ2) is 9.65. The van der Waals surface area contributed by atoms with Crippen molar-refractivity contribution in [2.45, 2.75) is 31.2 Å². The van der Waals surface area contributed by atoms with Crippen LogP contribution < -0.4 is 21.5 Å². The van der Waals surface area contributed by atoms with E-state index in [4.69, 9.17) is 16.2 Å². The third-order valence-electron chi connectivity index (χ3n) is 4.25. The van der Waals surface area contributed by atoms with E-state index in [0.29, 0.717) is 11.9 Å². The molecular weight excluding hydrogens is 361 g/mol. The van der Waals surface area contributed by atoms with E-state index in [0.717, 1.165) is 48.6 Å². The van der Waals surface area contributed by atoms with E-state index in [1.807, 2.05) is 24.3 Å². The van der Waals surface area contributed by atoms with Crippen molar-refractivity contribution in [2.24, 2.45) is 5.73 Å². The van der Waals surface area contributed by atoms with Crippen molar-refractivity contribution < 1.29 is 4.74 Å². The molecule has 1 saturated carbocycles. The number of nitrogens with two attached hydrogens (primary N) is 2. The van der Waals surface area contributed by atoms with Crippen molar-refractivity contribution in [3.63, 3.8) is 0 Å². The Bertz CT molecular complexity index is 680. The number of hydrogen-bond donors (Lipinski definition) is 3. The summed E-state index contributed by atoms with van der Waals surface area (Å²) < 4.78 is 5.36. The van der Waals surface area contributed by atoms with Gasteiger partial charge in [0.15, 0.2) is 0 Å². The van der Waals surface area contributed by atoms with Gasteiger partial charge in [0.2, 0.25) is 5.95 Å². The van der Waals surface area contributed by atoms with Crippen molar-refractivity contribution >= 4 is 36.6 Å². The number of para-hydroxylation sites is 1. The van der Waals surface area contributed by atoms with Crippen LogP contribution >= 0.6 is 24.8 Å². The van der Waals surface area contributed by atoms with Crippen LogP contribution in [0.2, 0.25) is 0 Å². The lowest BCUT2D eigenvalue weighted by molar-refractivity contribution is 0.345. The second-order valence-electron chi connectivity index (χ2n) is 5.95. The number of benzene rings is 1. The molecule has 8 heteroatoms. The van der Waals surface area contributed by atoms with E-state index in [2.05, 4.69) is 21.4 Å². The van der Waals surface area contributed by atoms with Crippen molar-refractivity contribution in [3.8, 4) is 5.75 Å². The molecular formula is C17H25Cl2N5O. The van der Waals surface area contributed by atoms with E-state index in [9.17, 15) is 0 Å². The van der Waals surface area contributed by atoms with Gasteiger partial charge < -0.3 is 21.5 Å². The van der Waals surface area contributed by atoms with Gasteiger partial charge in [-0.1, -0.05) is 18.2 Å². The molecule has 0 spiro atoms. The number of nitrogen functional groups attached to an aromatic ring is 1. The Balaban J connectivity index is 0.00000156. The molecule has 1 aromatic carbocycles. The molecule has 0 amide bonds. The van der Waals surface area contributed by atoms with Crippen molar-refractivity contribution in [2.75, 3.05) is 24.7 Å². The quantitative estimate of drug-likeness (QED) is 0.706. The van der Waals surface area contributed by atoms with Crippen molar-refractivity contribution in [1.29, 1.82) is 0 Å². The molecule has 0 saturated heterocycles. The van der Waals surface area contributed by atoms with E-state index >= 15 is 0 Å². The van der Waals surface area contributed by atoms with Gasteiger partial charge in [0.05, 0.1) is 12.8 Å². The van der Waals surface area contributed by atoms with Gasteiger partial charge in [-0.15, -0.1) is 24.8 Å². The lowest BCUT2D eigenvalue weighted by Crippen LogP contribution is -2.35. The number of aromatic nitrogens is 2. The largest absolute Gasteiger partial charge is 0.496 e. The number of hydrogen-bond acceptors (Lipinski definition) is 6. The fourth-order valence-electron chi connectivity index (χ4n) is 2.92. The Morgan fingerprint density at radius 3 is 2.60 bits per heavy atom. The maximum atomic E-state index is 5.85. The van der Waals surface area contributed by atoms with Gasteiger partial charge in [-0.3, -0.25) is 0 Å². The summed E-state index contributed by atoms with van der Waals surface area (Å²) in [6, 6.07) is 10.3. The molecule has 0 atom stereocenters. The molecule has 0 bridgehead atoms. The first-order valence-electron chi connectivity index (χ1n) is 7.91. The standard InChI is InChI=1S/C17H23N5O.2ClH/c1-23-15-5-3-2-4-11(15)6-7-20-16-10-14(21-17(19)22-16)12-8-13(18)9-12;;/h2-5,10,12-13H,6-9,18H2,1H3,(H3,19,20,21,22);2*1H. The molecule has 6 nitrogen and oxygen atoms in total. The molecule has 0 radical (unpaired) electrons. The first-order chi connectivity index (χ1) is 11.2. The van der Waals surface area contributed by atoms with Crippen LogP contribution in [0.3, 0.4) is 0 Å². The zero-order valence-electron chi connectivity index (χ0n) is 14.1. The maximum absolute atomic E-state index is 5.85. The summed E-state index contributed by atoms with van der Waals surface area (Å²) in [4.78, 5) is 8.60. The predicted molar refractivity (Wildman–Crippen MR) is 106 cm³/mol. The first-order valence-corrected chi connectivity index (χ1v) is 7.91. The smallest absolute Gasteiger partial charge is 0.222 e. The summed E-state index contributed by atoms with van der Waals surface area (Å²) in [6.07, 6.45) is 2.78. The zero-order chi connectivity index (χ0) is 16.2. The van der Waals surface area contributed by atoms with Crippen LogP contribution in [0.1, 0.15) is 30.0 Å². The molecule has 0 aliphatic heterocycles. The van der Waals surface area contributed by atoms with Crippen LogP contribution in [0, 0.1) is 0 Å². The Morgan fingerprint density at radius 1 is 1.20 bits per heavy atom. The highest BCUT2D eigenvalue weighted by Crippen LogP contribution is 2.35. The molecule has 1 aliphatic rings. The summed E-state index contributed by atoms with van der Waals surface area (Å²) >= 11 is 0. The summed E-state index contributed by atoms with van der Waals surface area (Å²) in [5.74, 6) is 2.39.